The highest BCUT2D eigenvalue weighted by molar-refractivity contribution is 5.76. The molecular formula is C14H24N4O. The van der Waals surface area contributed by atoms with Crippen LogP contribution in [0.5, 0.6) is 0 Å². The molecule has 1 atom stereocenters. The number of pyridine rings is 1. The van der Waals surface area contributed by atoms with E-state index in [0.29, 0.717) is 19.5 Å². The van der Waals surface area contributed by atoms with Crippen molar-refractivity contribution in [3.8, 4) is 0 Å². The van der Waals surface area contributed by atoms with Gasteiger partial charge in [0.05, 0.1) is 0 Å². The Labute approximate surface area is 115 Å². The number of nitrogens with one attached hydrogen (secondary N) is 1. The number of hydrogen-bond acceptors (Lipinski definition) is 4. The summed E-state index contributed by atoms with van der Waals surface area (Å²) in [5.74, 6) is 0.0636. The van der Waals surface area contributed by atoms with E-state index in [0.717, 1.165) is 13.0 Å². The van der Waals surface area contributed by atoms with Crippen LogP contribution in [0.1, 0.15) is 18.9 Å². The highest BCUT2D eigenvalue weighted by Gasteiger charge is 2.16. The first-order chi connectivity index (χ1) is 9.17. The average Bonchev–Trinajstić information content (AvgIpc) is 2.43. The number of carbonyl (C=O) groups is 1. The van der Waals surface area contributed by atoms with Gasteiger partial charge in [-0.15, -0.1) is 0 Å². The third-order valence-electron chi connectivity index (χ3n) is 3.19. The SMILES string of the molecule is CCNC(=O)CC(CN)N(C)CCc1ccncc1. The van der Waals surface area contributed by atoms with Gasteiger partial charge in [-0.25, -0.2) is 0 Å². The molecule has 3 N–H and O–H groups in total. The molecule has 5 nitrogen and oxygen atoms in total. The third-order valence-corrected chi connectivity index (χ3v) is 3.19. The summed E-state index contributed by atoms with van der Waals surface area (Å²) in [5.41, 5.74) is 7.00. The topological polar surface area (TPSA) is 71.2 Å². The van der Waals surface area contributed by atoms with E-state index >= 15 is 0 Å². The normalized spacial score (nSPS) is 12.4. The molecule has 0 saturated carbocycles. The lowest BCUT2D eigenvalue weighted by Crippen LogP contribution is -2.42. The molecule has 0 saturated heterocycles. The molecule has 0 aliphatic carbocycles. The average molecular weight is 264 g/mol. The largest absolute Gasteiger partial charge is 0.356 e. The van der Waals surface area contributed by atoms with Gasteiger partial charge < -0.3 is 16.0 Å². The Kier molecular flexibility index (Phi) is 7.07. The monoisotopic (exact) mass is 264 g/mol. The molecule has 1 unspecified atom stereocenters. The van der Waals surface area contributed by atoms with Gasteiger partial charge in [-0.05, 0) is 38.1 Å². The van der Waals surface area contributed by atoms with E-state index in [1.807, 2.05) is 26.1 Å². The van der Waals surface area contributed by atoms with Gasteiger partial charge in [0, 0.05) is 44.5 Å². The van der Waals surface area contributed by atoms with Gasteiger partial charge >= 0.3 is 0 Å². The van der Waals surface area contributed by atoms with Crippen LogP contribution in [-0.2, 0) is 11.2 Å². The highest BCUT2D eigenvalue weighted by atomic mass is 16.1. The Morgan fingerprint density at radius 2 is 2.16 bits per heavy atom. The molecule has 5 heteroatoms. The molecule has 1 aromatic heterocycles. The zero-order valence-corrected chi connectivity index (χ0v) is 11.8. The zero-order valence-electron chi connectivity index (χ0n) is 11.8. The molecule has 1 aromatic rings. The molecule has 1 amide bonds. The van der Waals surface area contributed by atoms with Crippen LogP contribution in [0, 0.1) is 0 Å². The maximum absolute atomic E-state index is 11.6. The number of nitrogens with two attached hydrogens (primary N) is 1. The first-order valence-electron chi connectivity index (χ1n) is 6.73. The quantitative estimate of drug-likeness (QED) is 0.713. The predicted molar refractivity (Wildman–Crippen MR) is 76.7 cm³/mol. The van der Waals surface area contributed by atoms with Gasteiger partial charge in [-0.1, -0.05) is 0 Å². The molecule has 1 heterocycles. The van der Waals surface area contributed by atoms with Crippen molar-refractivity contribution in [2.24, 2.45) is 5.73 Å². The minimum atomic E-state index is 0.0636. The van der Waals surface area contributed by atoms with Gasteiger partial charge in [-0.2, -0.15) is 0 Å². The van der Waals surface area contributed by atoms with Crippen molar-refractivity contribution >= 4 is 5.91 Å². The van der Waals surface area contributed by atoms with E-state index in [4.69, 9.17) is 5.73 Å². The van der Waals surface area contributed by atoms with E-state index in [9.17, 15) is 4.79 Å². The minimum Gasteiger partial charge on any atom is -0.356 e. The molecule has 1 rings (SSSR count). The lowest BCUT2D eigenvalue weighted by molar-refractivity contribution is -0.122. The van der Waals surface area contributed by atoms with Crippen molar-refractivity contribution in [1.82, 2.24) is 15.2 Å². The zero-order chi connectivity index (χ0) is 14.1. The summed E-state index contributed by atoms with van der Waals surface area (Å²) in [4.78, 5) is 17.7. The molecule has 0 radical (unpaired) electrons. The predicted octanol–water partition coefficient (Wildman–Crippen LogP) is 0.409. The van der Waals surface area contributed by atoms with Gasteiger partial charge in [0.1, 0.15) is 0 Å². The first kappa shape index (κ1) is 15.6. The summed E-state index contributed by atoms with van der Waals surface area (Å²) in [7, 11) is 2.01. The fourth-order valence-corrected chi connectivity index (χ4v) is 1.94. The fraction of sp³-hybridized carbons (Fsp3) is 0.571. The standard InChI is InChI=1S/C14H24N4O/c1-3-17-14(19)10-13(11-15)18(2)9-6-12-4-7-16-8-5-12/h4-5,7-8,13H,3,6,9-11,15H2,1-2H3,(H,17,19). The van der Waals surface area contributed by atoms with Crippen molar-refractivity contribution < 1.29 is 4.79 Å². The molecule has 0 aliphatic heterocycles. The number of amides is 1. The molecule has 0 aliphatic rings. The lowest BCUT2D eigenvalue weighted by atomic mass is 10.1. The summed E-state index contributed by atoms with van der Waals surface area (Å²) in [6, 6.07) is 4.11. The fourth-order valence-electron chi connectivity index (χ4n) is 1.94. The Morgan fingerprint density at radius 3 is 2.74 bits per heavy atom. The van der Waals surface area contributed by atoms with Crippen LogP contribution < -0.4 is 11.1 Å². The summed E-state index contributed by atoms with van der Waals surface area (Å²) in [6.45, 7) is 3.95. The summed E-state index contributed by atoms with van der Waals surface area (Å²) in [6.07, 6.45) is 4.98. The molecule has 0 aromatic carbocycles. The van der Waals surface area contributed by atoms with E-state index in [2.05, 4.69) is 15.2 Å². The number of hydrogen-bond donors (Lipinski definition) is 2. The van der Waals surface area contributed by atoms with E-state index in [-0.39, 0.29) is 11.9 Å². The van der Waals surface area contributed by atoms with Crippen LogP contribution >= 0.6 is 0 Å². The van der Waals surface area contributed by atoms with Crippen LogP contribution in [0.25, 0.3) is 0 Å². The van der Waals surface area contributed by atoms with Crippen LogP contribution in [-0.4, -0.2) is 48.5 Å². The van der Waals surface area contributed by atoms with Crippen molar-refractivity contribution in [2.45, 2.75) is 25.8 Å². The number of likely N-dealkylation sites (N-methyl/N-ethyl adjacent to an activating group) is 1. The van der Waals surface area contributed by atoms with E-state index < -0.39 is 0 Å². The summed E-state index contributed by atoms with van der Waals surface area (Å²) >= 11 is 0. The second-order valence-electron chi connectivity index (χ2n) is 4.63. The molecule has 0 bridgehead atoms. The maximum atomic E-state index is 11.6. The summed E-state index contributed by atoms with van der Waals surface area (Å²) in [5, 5.41) is 2.81. The third kappa shape index (κ3) is 5.81. The second-order valence-corrected chi connectivity index (χ2v) is 4.63. The van der Waals surface area contributed by atoms with Gasteiger partial charge in [0.15, 0.2) is 0 Å². The van der Waals surface area contributed by atoms with E-state index in [1.54, 1.807) is 12.4 Å². The summed E-state index contributed by atoms with van der Waals surface area (Å²) < 4.78 is 0. The molecule has 19 heavy (non-hydrogen) atoms. The van der Waals surface area contributed by atoms with Gasteiger partial charge in [-0.3, -0.25) is 9.78 Å². The Morgan fingerprint density at radius 1 is 1.47 bits per heavy atom. The second kappa shape index (κ2) is 8.61. The van der Waals surface area contributed by atoms with Crippen molar-refractivity contribution in [3.63, 3.8) is 0 Å². The Bertz CT molecular complexity index is 369. The number of rotatable bonds is 8. The number of carbonyl (C=O) groups excluding carboxylic acids is 1. The van der Waals surface area contributed by atoms with Crippen LogP contribution in [0.4, 0.5) is 0 Å². The van der Waals surface area contributed by atoms with Crippen molar-refractivity contribution in [1.29, 1.82) is 0 Å². The number of aromatic nitrogens is 1. The van der Waals surface area contributed by atoms with Crippen molar-refractivity contribution in [3.05, 3.63) is 30.1 Å². The molecule has 0 spiro atoms. The molecular weight excluding hydrogens is 240 g/mol. The number of nitrogens with zero attached hydrogens (tertiary/aromatic N) is 2. The minimum absolute atomic E-state index is 0.0636. The van der Waals surface area contributed by atoms with Crippen LogP contribution in [0.3, 0.4) is 0 Å². The van der Waals surface area contributed by atoms with Crippen molar-refractivity contribution in [2.75, 3.05) is 26.7 Å². The molecule has 106 valence electrons. The maximum Gasteiger partial charge on any atom is 0.221 e. The Balaban J connectivity index is 2.41. The van der Waals surface area contributed by atoms with Crippen LogP contribution in [0.2, 0.25) is 0 Å². The van der Waals surface area contributed by atoms with Crippen LogP contribution in [0.15, 0.2) is 24.5 Å². The van der Waals surface area contributed by atoms with Gasteiger partial charge in [0.2, 0.25) is 5.91 Å². The highest BCUT2D eigenvalue weighted by Crippen LogP contribution is 2.04. The lowest BCUT2D eigenvalue weighted by Gasteiger charge is -2.26. The molecule has 0 fully saturated rings. The van der Waals surface area contributed by atoms with E-state index in [1.165, 1.54) is 5.56 Å². The van der Waals surface area contributed by atoms with Gasteiger partial charge in [0.25, 0.3) is 0 Å². The first-order valence-corrected chi connectivity index (χ1v) is 6.73. The Hall–Kier alpha value is -1.46. The smallest absolute Gasteiger partial charge is 0.221 e.